The molecule has 348 valence electrons. The van der Waals surface area contributed by atoms with Crippen molar-refractivity contribution in [1.29, 1.82) is 0 Å². The number of hydrogen-bond donors (Lipinski definition) is 2. The van der Waals surface area contributed by atoms with Crippen LogP contribution in [0.2, 0.25) is 0 Å². The number of esters is 2. The van der Waals surface area contributed by atoms with Crippen molar-refractivity contribution in [3.05, 3.63) is 60.8 Å². The molecule has 1 unspecified atom stereocenters. The number of rotatable bonds is 41. The average Bonchev–Trinajstić information content (AvgIpc) is 3.19. The van der Waals surface area contributed by atoms with Gasteiger partial charge in [-0.25, -0.2) is 0 Å². The zero-order valence-corrected chi connectivity index (χ0v) is 39.3. The van der Waals surface area contributed by atoms with Crippen molar-refractivity contribution in [2.24, 2.45) is 0 Å². The SMILES string of the molecule is CCCCC/C=C\C/C=C\C/C=C\C/C=C\CCCCCC(=O)O[C@H](COC(=O)CCCCCCC[C@@H](O)[C@H](O)C/C=C\CCCCC)COP(=O)([O-])OCC[N+](C)(C)C. The molecule has 0 heterocycles. The van der Waals surface area contributed by atoms with Crippen molar-refractivity contribution >= 4 is 19.8 Å². The fourth-order valence-corrected chi connectivity index (χ4v) is 6.62. The third-order valence-electron chi connectivity index (χ3n) is 9.71. The average molecular weight is 868 g/mol. The van der Waals surface area contributed by atoms with E-state index in [9.17, 15) is 29.3 Å². The fourth-order valence-electron chi connectivity index (χ4n) is 5.89. The first-order valence-corrected chi connectivity index (χ1v) is 24.6. The predicted octanol–water partition coefficient (Wildman–Crippen LogP) is 10.6. The maximum atomic E-state index is 12.7. The molecule has 11 nitrogen and oxygen atoms in total. The third-order valence-corrected chi connectivity index (χ3v) is 10.7. The number of phosphoric acid groups is 1. The third kappa shape index (κ3) is 41.0. The number of allylic oxidation sites excluding steroid dienone is 9. The van der Waals surface area contributed by atoms with Crippen LogP contribution in [0.15, 0.2) is 60.8 Å². The van der Waals surface area contributed by atoms with Crippen LogP contribution < -0.4 is 4.89 Å². The van der Waals surface area contributed by atoms with Gasteiger partial charge in [0.05, 0.1) is 40.0 Å². The fraction of sp³-hybridized carbons (Fsp3) is 0.750. The first-order chi connectivity index (χ1) is 28.8. The Labute approximate surface area is 365 Å². The van der Waals surface area contributed by atoms with Gasteiger partial charge in [0, 0.05) is 12.8 Å². The van der Waals surface area contributed by atoms with E-state index in [4.69, 9.17) is 18.5 Å². The number of phosphoric ester groups is 1. The normalized spacial score (nSPS) is 15.1. The molecule has 0 aromatic heterocycles. The van der Waals surface area contributed by atoms with Crippen LogP contribution >= 0.6 is 7.82 Å². The van der Waals surface area contributed by atoms with Gasteiger partial charge in [0.2, 0.25) is 0 Å². The minimum atomic E-state index is -4.67. The van der Waals surface area contributed by atoms with Crippen LogP contribution in [0.4, 0.5) is 0 Å². The second-order valence-electron chi connectivity index (χ2n) is 16.7. The van der Waals surface area contributed by atoms with Crippen molar-refractivity contribution in [1.82, 2.24) is 0 Å². The molecule has 0 radical (unpaired) electrons. The Morgan fingerprint density at radius 2 is 1.08 bits per heavy atom. The van der Waals surface area contributed by atoms with E-state index in [0.29, 0.717) is 36.7 Å². The second-order valence-corrected chi connectivity index (χ2v) is 18.1. The number of unbranched alkanes of at least 4 members (excludes halogenated alkanes) is 13. The van der Waals surface area contributed by atoms with Crippen LogP contribution in [0.3, 0.4) is 0 Å². The van der Waals surface area contributed by atoms with Crippen LogP contribution in [0, 0.1) is 0 Å². The molecular formula is C48H86NO10P. The minimum Gasteiger partial charge on any atom is -0.756 e. The Morgan fingerprint density at radius 1 is 0.600 bits per heavy atom. The van der Waals surface area contributed by atoms with Crippen LogP contribution in [0.1, 0.15) is 168 Å². The lowest BCUT2D eigenvalue weighted by Crippen LogP contribution is -2.37. The lowest BCUT2D eigenvalue weighted by Gasteiger charge is -2.28. The molecular weight excluding hydrogens is 781 g/mol. The monoisotopic (exact) mass is 868 g/mol. The highest BCUT2D eigenvalue weighted by Gasteiger charge is 2.22. The number of carbonyl (C=O) groups is 2. The molecule has 0 spiro atoms. The zero-order valence-electron chi connectivity index (χ0n) is 38.4. The van der Waals surface area contributed by atoms with E-state index < -0.39 is 44.7 Å². The number of aliphatic hydroxyl groups is 2. The molecule has 0 amide bonds. The second kappa shape index (κ2) is 39.5. The van der Waals surface area contributed by atoms with Gasteiger partial charge in [-0.2, -0.15) is 0 Å². The van der Waals surface area contributed by atoms with Crippen molar-refractivity contribution < 1.29 is 52.3 Å². The zero-order chi connectivity index (χ0) is 44.6. The van der Waals surface area contributed by atoms with Gasteiger partial charge >= 0.3 is 11.9 Å². The summed E-state index contributed by atoms with van der Waals surface area (Å²) in [5.41, 5.74) is 0. The summed E-state index contributed by atoms with van der Waals surface area (Å²) in [6.07, 6.45) is 39.8. The van der Waals surface area contributed by atoms with E-state index in [0.717, 1.165) is 77.0 Å². The molecule has 12 heteroatoms. The Morgan fingerprint density at radius 3 is 1.65 bits per heavy atom. The summed E-state index contributed by atoms with van der Waals surface area (Å²) in [6.45, 7) is 3.91. The number of hydrogen-bond acceptors (Lipinski definition) is 10. The molecule has 0 rings (SSSR count). The summed E-state index contributed by atoms with van der Waals surface area (Å²) in [6, 6.07) is 0. The molecule has 0 saturated carbocycles. The van der Waals surface area contributed by atoms with Gasteiger partial charge in [0.25, 0.3) is 7.82 Å². The molecule has 0 aliphatic rings. The van der Waals surface area contributed by atoms with Crippen LogP contribution in [-0.4, -0.2) is 92.5 Å². The number of nitrogens with zero attached hydrogens (tertiary/aromatic N) is 1. The molecule has 0 aliphatic heterocycles. The molecule has 0 aromatic rings. The molecule has 0 aliphatic carbocycles. The highest BCUT2D eigenvalue weighted by molar-refractivity contribution is 7.45. The van der Waals surface area contributed by atoms with Crippen LogP contribution in [0.25, 0.3) is 0 Å². The van der Waals surface area contributed by atoms with Gasteiger partial charge in [0.15, 0.2) is 6.10 Å². The predicted molar refractivity (Wildman–Crippen MR) is 243 cm³/mol. The van der Waals surface area contributed by atoms with Crippen LogP contribution in [-0.2, 0) is 32.7 Å². The minimum absolute atomic E-state index is 0.0653. The highest BCUT2D eigenvalue weighted by atomic mass is 31.2. The van der Waals surface area contributed by atoms with Gasteiger partial charge in [-0.1, -0.05) is 132 Å². The molecule has 60 heavy (non-hydrogen) atoms. The summed E-state index contributed by atoms with van der Waals surface area (Å²) in [7, 11) is 1.05. The van der Waals surface area contributed by atoms with E-state index in [-0.39, 0.29) is 26.1 Å². The van der Waals surface area contributed by atoms with Crippen molar-refractivity contribution in [3.8, 4) is 0 Å². The Kier molecular flexibility index (Phi) is 37.9. The van der Waals surface area contributed by atoms with Gasteiger partial charge in [-0.15, -0.1) is 0 Å². The van der Waals surface area contributed by atoms with Gasteiger partial charge in [-0.3, -0.25) is 14.2 Å². The largest absolute Gasteiger partial charge is 0.756 e. The van der Waals surface area contributed by atoms with E-state index >= 15 is 0 Å². The molecule has 2 N–H and O–H groups in total. The van der Waals surface area contributed by atoms with Crippen molar-refractivity contribution in [3.63, 3.8) is 0 Å². The Balaban J connectivity index is 4.52. The van der Waals surface area contributed by atoms with E-state index in [2.05, 4.69) is 68.5 Å². The van der Waals surface area contributed by atoms with Gasteiger partial charge in [0.1, 0.15) is 19.8 Å². The number of likely N-dealkylation sites (N-methyl/N-ethyl adjacent to an activating group) is 1. The van der Waals surface area contributed by atoms with E-state index in [1.54, 1.807) is 0 Å². The maximum Gasteiger partial charge on any atom is 0.306 e. The first kappa shape index (κ1) is 57.6. The smallest absolute Gasteiger partial charge is 0.306 e. The summed E-state index contributed by atoms with van der Waals surface area (Å²) in [5, 5.41) is 20.5. The van der Waals surface area contributed by atoms with E-state index in [1.165, 1.54) is 38.5 Å². The maximum absolute atomic E-state index is 12.7. The lowest BCUT2D eigenvalue weighted by molar-refractivity contribution is -0.870. The quantitative estimate of drug-likeness (QED) is 0.0200. The number of carbonyl (C=O) groups excluding carboxylic acids is 2. The number of quaternary nitrogens is 1. The molecule has 0 saturated heterocycles. The Bertz CT molecular complexity index is 1240. The lowest BCUT2D eigenvalue weighted by atomic mass is 10.0. The van der Waals surface area contributed by atoms with Gasteiger partial charge < -0.3 is 38.1 Å². The van der Waals surface area contributed by atoms with Crippen molar-refractivity contribution in [2.75, 3.05) is 47.5 Å². The number of ether oxygens (including phenoxy) is 2. The summed E-state index contributed by atoms with van der Waals surface area (Å²) in [4.78, 5) is 37.6. The molecule has 0 aromatic carbocycles. The number of aliphatic hydroxyl groups excluding tert-OH is 2. The standard InChI is InChI=1S/C48H86NO10P/c1-6-8-10-12-14-15-16-17-18-19-20-21-22-23-24-25-26-30-35-39-48(53)59-44(43-58-60(54,55)57-41-40-49(3,4)5)42-56-47(52)38-34-31-27-29-33-37-46(51)45(50)36-32-28-13-11-9-7-2/h14-15,17-18,20-21,23-24,28,32,44-46,50-51H,6-13,16,19,22,25-27,29-31,33-43H2,1-5H3/b15-14-,18-17-,21-20-,24-23-,32-28-/t44-,45-,46-/m1/s1. The summed E-state index contributed by atoms with van der Waals surface area (Å²) >= 11 is 0. The van der Waals surface area contributed by atoms with Crippen LogP contribution in [0.5, 0.6) is 0 Å². The highest BCUT2D eigenvalue weighted by Crippen LogP contribution is 2.38. The van der Waals surface area contributed by atoms with E-state index in [1.807, 2.05) is 27.2 Å². The summed E-state index contributed by atoms with van der Waals surface area (Å²) < 4.78 is 33.8. The topological polar surface area (TPSA) is 152 Å². The summed E-state index contributed by atoms with van der Waals surface area (Å²) in [5.74, 6) is -0.987. The Hall–Kier alpha value is -2.37. The molecule has 0 fully saturated rings. The van der Waals surface area contributed by atoms with Gasteiger partial charge in [-0.05, 0) is 83.5 Å². The first-order valence-electron chi connectivity index (χ1n) is 23.2. The molecule has 4 atom stereocenters. The van der Waals surface area contributed by atoms with Crippen molar-refractivity contribution in [2.45, 2.75) is 186 Å². The molecule has 0 bridgehead atoms.